The van der Waals surface area contributed by atoms with E-state index in [0.717, 1.165) is 60.1 Å². The summed E-state index contributed by atoms with van der Waals surface area (Å²) in [6, 6.07) is 42.2. The molecule has 0 spiro atoms. The summed E-state index contributed by atoms with van der Waals surface area (Å²) in [5.74, 6) is -0.119. The highest BCUT2D eigenvalue weighted by Gasteiger charge is 2.46. The standard InChI is InChI=1S/C48H18N6/c1-52-35(24-51)43-38-30-14-8-5-11-26(30)17-20-33(38)42-45(43)40-32-19-16-25-10-4-7-13-29(25)37(32)36(28(22-49)23-50)44(40)41-34-21-18-27-12-6-9-15-31(27)39(34)47(46(41)42)48(53-2)54-3/h4-21H. The van der Waals surface area contributed by atoms with Crippen LogP contribution in [-0.2, 0) is 0 Å². The van der Waals surface area contributed by atoms with Gasteiger partial charge in [0.2, 0.25) is 0 Å². The molecule has 0 amide bonds. The highest BCUT2D eigenvalue weighted by atomic mass is 14.9. The summed E-state index contributed by atoms with van der Waals surface area (Å²) in [5, 5.41) is 37.3. The van der Waals surface area contributed by atoms with Crippen LogP contribution in [0.2, 0.25) is 0 Å². The molecule has 6 heteroatoms. The van der Waals surface area contributed by atoms with E-state index in [-0.39, 0.29) is 17.1 Å². The van der Waals surface area contributed by atoms with Gasteiger partial charge < -0.3 is 0 Å². The fraction of sp³-hybridized carbons (Fsp3) is 0. The van der Waals surface area contributed by atoms with Gasteiger partial charge in [0.1, 0.15) is 30.9 Å². The molecule has 3 aliphatic rings. The average molecular weight is 679 g/mol. The number of benzene rings is 7. The predicted molar refractivity (Wildman–Crippen MR) is 210 cm³/mol. The number of nitrogens with zero attached hydrogens (tertiary/aromatic N) is 6. The SMILES string of the molecule is [C-]#[N+]C(C#N)=C1c2c3c(c4c(c2-c2ccc5ccccc5c21)C(=C([N+]#[C-])[N+]#[C-])c1c-4ccc2ccccc12)C(=C(C#N)C#N)c1c-3ccc2ccccc12. The number of fused-ring (bicyclic) bond motifs is 18. The zero-order valence-electron chi connectivity index (χ0n) is 28.1. The summed E-state index contributed by atoms with van der Waals surface area (Å²) in [7, 11) is 0. The predicted octanol–water partition coefficient (Wildman–Crippen LogP) is 11.7. The molecule has 0 fully saturated rings. The Morgan fingerprint density at radius 1 is 0.389 bits per heavy atom. The van der Waals surface area contributed by atoms with Crippen molar-refractivity contribution >= 4 is 49.0 Å². The van der Waals surface area contributed by atoms with E-state index in [0.29, 0.717) is 55.7 Å². The van der Waals surface area contributed by atoms with Gasteiger partial charge in [-0.25, -0.2) is 10.1 Å². The van der Waals surface area contributed by atoms with Crippen LogP contribution in [0.1, 0.15) is 33.4 Å². The zero-order valence-corrected chi connectivity index (χ0v) is 28.1. The molecular formula is C48H18N6. The van der Waals surface area contributed by atoms with E-state index in [1.165, 1.54) is 0 Å². The first-order valence-electron chi connectivity index (χ1n) is 17.0. The topological polar surface area (TPSA) is 84.4 Å². The van der Waals surface area contributed by atoms with Gasteiger partial charge in [0.05, 0.1) is 18.2 Å². The average Bonchev–Trinajstić information content (AvgIpc) is 3.86. The summed E-state index contributed by atoms with van der Waals surface area (Å²) >= 11 is 0. The van der Waals surface area contributed by atoms with Crippen molar-refractivity contribution in [2.75, 3.05) is 0 Å². The van der Waals surface area contributed by atoms with Gasteiger partial charge in [-0.15, -0.1) is 0 Å². The third-order valence-corrected chi connectivity index (χ3v) is 11.0. The number of nitriles is 3. The van der Waals surface area contributed by atoms with E-state index in [4.69, 9.17) is 19.7 Å². The molecule has 3 aliphatic carbocycles. The maximum Gasteiger partial charge on any atom is 0.527 e. The first-order chi connectivity index (χ1) is 26.6. The molecule has 0 aliphatic heterocycles. The van der Waals surface area contributed by atoms with Crippen LogP contribution in [0.15, 0.2) is 126 Å². The van der Waals surface area contributed by atoms with Gasteiger partial charge in [0.25, 0.3) is 5.70 Å². The number of hydrogen-bond donors (Lipinski definition) is 0. The molecule has 0 saturated carbocycles. The lowest BCUT2D eigenvalue weighted by atomic mass is 9.83. The molecular weight excluding hydrogens is 661 g/mol. The number of hydrogen-bond acceptors (Lipinski definition) is 3. The fourth-order valence-corrected chi connectivity index (χ4v) is 9.05. The Balaban J connectivity index is 1.57. The highest BCUT2D eigenvalue weighted by Crippen LogP contribution is 2.66. The minimum Gasteiger partial charge on any atom is -0.226 e. The van der Waals surface area contributed by atoms with Crippen LogP contribution < -0.4 is 0 Å². The van der Waals surface area contributed by atoms with Crippen LogP contribution in [0.25, 0.3) is 97.0 Å². The van der Waals surface area contributed by atoms with E-state index in [1.54, 1.807) is 0 Å². The Morgan fingerprint density at radius 3 is 1.19 bits per heavy atom. The van der Waals surface area contributed by atoms with E-state index in [2.05, 4.69) is 32.7 Å². The van der Waals surface area contributed by atoms with Gasteiger partial charge in [-0.3, -0.25) is 0 Å². The molecule has 7 aromatic carbocycles. The maximum absolute atomic E-state index is 10.7. The molecule has 10 rings (SSSR count). The van der Waals surface area contributed by atoms with Crippen molar-refractivity contribution in [2.24, 2.45) is 0 Å². The zero-order chi connectivity index (χ0) is 36.8. The summed E-state index contributed by atoms with van der Waals surface area (Å²) < 4.78 is 0. The van der Waals surface area contributed by atoms with Crippen molar-refractivity contribution in [1.29, 1.82) is 15.8 Å². The Labute approximate surface area is 309 Å². The third-order valence-electron chi connectivity index (χ3n) is 11.0. The first kappa shape index (κ1) is 30.3. The summed E-state index contributed by atoms with van der Waals surface area (Å²) in [5.41, 5.74) is 9.66. The minimum atomic E-state index is -0.119. The smallest absolute Gasteiger partial charge is 0.226 e. The van der Waals surface area contributed by atoms with Crippen molar-refractivity contribution in [3.63, 3.8) is 0 Å². The van der Waals surface area contributed by atoms with Gasteiger partial charge in [-0.05, 0) is 88.0 Å². The molecule has 0 saturated heterocycles. The number of allylic oxidation sites excluding steroid dienone is 2. The van der Waals surface area contributed by atoms with Gasteiger partial charge >= 0.3 is 5.82 Å². The Hall–Kier alpha value is -8.52. The van der Waals surface area contributed by atoms with E-state index < -0.39 is 0 Å². The lowest BCUT2D eigenvalue weighted by Crippen LogP contribution is -1.99. The molecule has 0 atom stereocenters. The minimum absolute atomic E-state index is 0.0824. The van der Waals surface area contributed by atoms with E-state index >= 15 is 0 Å². The largest absolute Gasteiger partial charge is 0.527 e. The molecule has 0 aromatic heterocycles. The monoisotopic (exact) mass is 678 g/mol. The van der Waals surface area contributed by atoms with Crippen LogP contribution >= 0.6 is 0 Å². The van der Waals surface area contributed by atoms with Gasteiger partial charge in [0, 0.05) is 22.3 Å². The van der Waals surface area contributed by atoms with Crippen molar-refractivity contribution < 1.29 is 0 Å². The number of rotatable bonds is 0. The Kier molecular flexibility index (Phi) is 6.17. The molecule has 54 heavy (non-hydrogen) atoms. The quantitative estimate of drug-likeness (QED) is 0.118. The highest BCUT2D eigenvalue weighted by molar-refractivity contribution is 6.29. The lowest BCUT2D eigenvalue weighted by Gasteiger charge is -2.18. The van der Waals surface area contributed by atoms with Crippen LogP contribution in [0.4, 0.5) is 0 Å². The molecule has 0 N–H and O–H groups in total. The fourth-order valence-electron chi connectivity index (χ4n) is 9.05. The molecule has 6 nitrogen and oxygen atoms in total. The van der Waals surface area contributed by atoms with Crippen molar-refractivity contribution in [3.8, 4) is 51.6 Å². The summed E-state index contributed by atoms with van der Waals surface area (Å²) in [6.07, 6.45) is 0. The van der Waals surface area contributed by atoms with Crippen molar-refractivity contribution in [1.82, 2.24) is 0 Å². The van der Waals surface area contributed by atoms with Crippen LogP contribution in [0, 0.1) is 53.7 Å². The second kappa shape index (κ2) is 11.0. The van der Waals surface area contributed by atoms with Gasteiger partial charge in [0.15, 0.2) is 0 Å². The normalized spacial score (nSPS) is 13.2. The Morgan fingerprint density at radius 2 is 0.778 bits per heavy atom. The molecule has 0 bridgehead atoms. The van der Waals surface area contributed by atoms with Gasteiger partial charge in [-0.2, -0.15) is 20.2 Å². The lowest BCUT2D eigenvalue weighted by molar-refractivity contribution is 1.46. The van der Waals surface area contributed by atoms with Crippen LogP contribution in [0.5, 0.6) is 0 Å². The third kappa shape index (κ3) is 3.61. The van der Waals surface area contributed by atoms with E-state index in [1.807, 2.05) is 109 Å². The molecule has 0 heterocycles. The second-order valence-corrected chi connectivity index (χ2v) is 13.2. The summed E-state index contributed by atoms with van der Waals surface area (Å²) in [4.78, 5) is 11.4. The van der Waals surface area contributed by atoms with Crippen molar-refractivity contribution in [2.45, 2.75) is 0 Å². The second-order valence-electron chi connectivity index (χ2n) is 13.2. The molecule has 240 valence electrons. The maximum atomic E-state index is 10.7. The van der Waals surface area contributed by atoms with Crippen molar-refractivity contribution in [3.05, 3.63) is 194 Å². The van der Waals surface area contributed by atoms with Crippen LogP contribution in [0.3, 0.4) is 0 Å². The Bertz CT molecular complexity index is 2960. The summed E-state index contributed by atoms with van der Waals surface area (Å²) in [6.45, 7) is 24.9. The van der Waals surface area contributed by atoms with E-state index in [9.17, 15) is 15.8 Å². The molecule has 0 radical (unpaired) electrons. The van der Waals surface area contributed by atoms with Gasteiger partial charge in [-0.1, -0.05) is 109 Å². The first-order valence-corrected chi connectivity index (χ1v) is 17.0. The molecule has 0 unspecified atom stereocenters. The van der Waals surface area contributed by atoms with Crippen LogP contribution in [-0.4, -0.2) is 0 Å². The molecule has 7 aromatic rings.